The van der Waals surface area contributed by atoms with Crippen molar-refractivity contribution in [3.63, 3.8) is 0 Å². The first-order valence-electron chi connectivity index (χ1n) is 17.8. The molecule has 1 amide bonds. The Morgan fingerprint density at radius 2 is 1.42 bits per heavy atom. The number of hydrogen-bond donors (Lipinski definition) is 1. The van der Waals surface area contributed by atoms with E-state index in [9.17, 15) is 26.7 Å². The predicted molar refractivity (Wildman–Crippen MR) is 226 cm³/mol. The van der Waals surface area contributed by atoms with Gasteiger partial charge in [0.15, 0.2) is 31.5 Å². The number of aromatic hydroxyl groups is 1. The van der Waals surface area contributed by atoms with Crippen molar-refractivity contribution in [2.75, 3.05) is 24.6 Å². The van der Waals surface area contributed by atoms with Crippen LogP contribution in [0.25, 0.3) is 21.5 Å². The second-order valence-electron chi connectivity index (χ2n) is 13.8. The molecule has 0 aromatic heterocycles. The van der Waals surface area contributed by atoms with Gasteiger partial charge in [0, 0.05) is 24.0 Å². The number of anilines is 1. The number of carbonyl (C=O) groups excluding carboxylic acids is 1. The number of azo groups is 3. The van der Waals surface area contributed by atoms with Crippen molar-refractivity contribution in [3.8, 4) is 11.5 Å². The maximum atomic E-state index is 13.5. The fourth-order valence-corrected chi connectivity index (χ4v) is 7.72. The van der Waals surface area contributed by atoms with Gasteiger partial charge in [-0.3, -0.25) is 4.79 Å². The molecule has 0 saturated carbocycles. The normalized spacial score (nSPS) is 15.0. The summed E-state index contributed by atoms with van der Waals surface area (Å²) in [6, 6.07) is 27.4. The molecule has 0 bridgehead atoms. The lowest BCUT2D eigenvalue weighted by Crippen LogP contribution is -2.30. The van der Waals surface area contributed by atoms with E-state index in [4.69, 9.17) is 4.74 Å². The van der Waals surface area contributed by atoms with Crippen LogP contribution >= 0.6 is 0 Å². The summed E-state index contributed by atoms with van der Waals surface area (Å²) >= 11 is 0. The first-order chi connectivity index (χ1) is 28.0. The first kappa shape index (κ1) is 40.2. The fraction of sp³-hybridized carbons (Fsp3) is 0.143. The molecule has 7 rings (SSSR count). The van der Waals surface area contributed by atoms with Crippen LogP contribution in [-0.4, -0.2) is 59.2 Å². The molecule has 1 N–H and O–H groups in total. The number of nitrogens with zero attached hydrogens (tertiary/aromatic N) is 8. The minimum Gasteiger partial charge on any atom is -0.505 e. The molecule has 0 spiro atoms. The van der Waals surface area contributed by atoms with E-state index in [0.29, 0.717) is 33.6 Å². The number of carbonyl (C=O) groups is 1. The molecule has 1 unspecified atom stereocenters. The van der Waals surface area contributed by atoms with E-state index in [-0.39, 0.29) is 43.7 Å². The van der Waals surface area contributed by atoms with Crippen molar-refractivity contribution in [2.45, 2.75) is 29.7 Å². The van der Waals surface area contributed by atoms with Crippen molar-refractivity contribution in [2.24, 2.45) is 35.8 Å². The highest BCUT2D eigenvalue weighted by atomic mass is 32.2. The standard InChI is InChI=1S/C42H36N8O7S2/c1-24(2)38-40(42(52)50(49-38)31-14-16-32(17-15-31)58(5,53)54)48-44-30-13-18-33-28(21-30)22-37(59(6,55)56)39(41(33)51)47-46-35-19-25(3)34(23-36(35)57-4)45-43-29-12-11-26-9-7-8-10-27(26)20-29/h7-23,40,51H,1H2,2-6H3/b45-43+,47-46+,48-44+. The minimum atomic E-state index is -3.97. The zero-order chi connectivity index (χ0) is 42.2. The summed E-state index contributed by atoms with van der Waals surface area (Å²) in [7, 11) is -5.97. The molecule has 59 heavy (non-hydrogen) atoms. The second-order valence-corrected chi connectivity index (χ2v) is 17.8. The van der Waals surface area contributed by atoms with E-state index in [0.717, 1.165) is 28.3 Å². The maximum Gasteiger partial charge on any atom is 0.280 e. The number of methoxy groups -OCH3 is 1. The first-order valence-corrected chi connectivity index (χ1v) is 21.6. The molecular weight excluding hydrogens is 793 g/mol. The molecule has 1 aliphatic heterocycles. The number of aryl methyl sites for hydroxylation is 1. The average molecular weight is 829 g/mol. The molecule has 1 aliphatic rings. The van der Waals surface area contributed by atoms with Gasteiger partial charge in [-0.25, -0.2) is 16.8 Å². The maximum absolute atomic E-state index is 13.5. The van der Waals surface area contributed by atoms with Crippen molar-refractivity contribution >= 4 is 87.0 Å². The zero-order valence-corrected chi connectivity index (χ0v) is 34.0. The third kappa shape index (κ3) is 8.37. The lowest BCUT2D eigenvalue weighted by Gasteiger charge is -2.13. The molecule has 6 aromatic rings. The average Bonchev–Trinajstić information content (AvgIpc) is 3.54. The topological polar surface area (TPSA) is 205 Å². The molecule has 1 heterocycles. The fourth-order valence-electron chi connectivity index (χ4n) is 6.26. The molecule has 17 heteroatoms. The van der Waals surface area contributed by atoms with Crippen LogP contribution in [0.4, 0.5) is 34.1 Å². The second kappa shape index (κ2) is 15.8. The van der Waals surface area contributed by atoms with Crippen LogP contribution in [0.5, 0.6) is 11.5 Å². The van der Waals surface area contributed by atoms with E-state index in [1.54, 1.807) is 19.1 Å². The van der Waals surface area contributed by atoms with Gasteiger partial charge in [0.25, 0.3) is 5.91 Å². The number of rotatable bonds is 11. The van der Waals surface area contributed by atoms with Gasteiger partial charge in [0.2, 0.25) is 0 Å². The third-order valence-electron chi connectivity index (χ3n) is 9.34. The van der Waals surface area contributed by atoms with E-state index in [1.165, 1.54) is 55.6 Å². The predicted octanol–water partition coefficient (Wildman–Crippen LogP) is 10.1. The number of hydrazone groups is 1. The Labute approximate surface area is 339 Å². The van der Waals surface area contributed by atoms with Crippen LogP contribution in [0.1, 0.15) is 12.5 Å². The summed E-state index contributed by atoms with van der Waals surface area (Å²) < 4.78 is 55.6. The Balaban J connectivity index is 1.17. The Hall–Kier alpha value is -6.98. The van der Waals surface area contributed by atoms with Crippen molar-refractivity contribution in [1.82, 2.24) is 0 Å². The van der Waals surface area contributed by atoms with Gasteiger partial charge < -0.3 is 9.84 Å². The summed E-state index contributed by atoms with van der Waals surface area (Å²) in [5.74, 6) is -0.693. The van der Waals surface area contributed by atoms with Crippen LogP contribution in [0.2, 0.25) is 0 Å². The molecule has 0 fully saturated rings. The summed E-state index contributed by atoms with van der Waals surface area (Å²) in [5, 5.41) is 45.4. The van der Waals surface area contributed by atoms with Gasteiger partial charge in [-0.1, -0.05) is 36.9 Å². The number of phenols is 1. The van der Waals surface area contributed by atoms with Gasteiger partial charge in [0.1, 0.15) is 17.1 Å². The molecule has 6 aromatic carbocycles. The lowest BCUT2D eigenvalue weighted by atomic mass is 10.1. The van der Waals surface area contributed by atoms with E-state index < -0.39 is 37.4 Å². The number of ether oxygens (including phenoxy) is 1. The number of amides is 1. The highest BCUT2D eigenvalue weighted by Crippen LogP contribution is 2.44. The largest absolute Gasteiger partial charge is 0.505 e. The summed E-state index contributed by atoms with van der Waals surface area (Å²) in [6.07, 6.45) is 2.07. The Morgan fingerprint density at radius 1 is 0.763 bits per heavy atom. The number of fused-ring (bicyclic) bond motifs is 2. The van der Waals surface area contributed by atoms with Crippen molar-refractivity contribution in [1.29, 1.82) is 0 Å². The van der Waals surface area contributed by atoms with Gasteiger partial charge in [-0.2, -0.15) is 30.6 Å². The number of hydrogen-bond acceptors (Lipinski definition) is 14. The van der Waals surface area contributed by atoms with Crippen molar-refractivity contribution < 1.29 is 31.5 Å². The minimum absolute atomic E-state index is 0.0860. The Morgan fingerprint density at radius 3 is 2.10 bits per heavy atom. The van der Waals surface area contributed by atoms with E-state index in [2.05, 4.69) is 42.4 Å². The Kier molecular flexibility index (Phi) is 10.7. The highest BCUT2D eigenvalue weighted by Gasteiger charge is 2.37. The molecule has 0 saturated heterocycles. The van der Waals surface area contributed by atoms with Crippen LogP contribution in [-0.2, 0) is 24.5 Å². The summed E-state index contributed by atoms with van der Waals surface area (Å²) in [4.78, 5) is 13.3. The van der Waals surface area contributed by atoms with Crippen molar-refractivity contribution in [3.05, 3.63) is 121 Å². The third-order valence-corrected chi connectivity index (χ3v) is 11.6. The van der Waals surface area contributed by atoms with Crippen LogP contribution in [0.3, 0.4) is 0 Å². The highest BCUT2D eigenvalue weighted by molar-refractivity contribution is 7.91. The molecule has 298 valence electrons. The van der Waals surface area contributed by atoms with Gasteiger partial charge in [-0.15, -0.1) is 10.2 Å². The molecular formula is C42H36N8O7S2. The number of benzene rings is 6. The Bertz CT molecular complexity index is 3070. The van der Waals surface area contributed by atoms with Gasteiger partial charge in [0.05, 0.1) is 45.4 Å². The van der Waals surface area contributed by atoms with Crippen LogP contribution in [0, 0.1) is 6.92 Å². The lowest BCUT2D eigenvalue weighted by molar-refractivity contribution is -0.117. The van der Waals surface area contributed by atoms with E-state index >= 15 is 0 Å². The quantitative estimate of drug-likeness (QED) is 0.125. The molecule has 15 nitrogen and oxygen atoms in total. The van der Waals surface area contributed by atoms with Gasteiger partial charge >= 0.3 is 0 Å². The summed E-state index contributed by atoms with van der Waals surface area (Å²) in [5.41, 5.74) is 3.14. The number of phenolic OH excluding ortho intramolecular Hbond substituents is 1. The zero-order valence-electron chi connectivity index (χ0n) is 32.4. The smallest absolute Gasteiger partial charge is 0.280 e. The molecule has 0 aliphatic carbocycles. The monoisotopic (exact) mass is 828 g/mol. The molecule has 1 atom stereocenters. The SMILES string of the molecule is C=C(C)C1=NN(c2ccc(S(C)(=O)=O)cc2)C(=O)C1/N=N/c1ccc2c(O)c(/N=N/c3cc(C)c(/N=N/c4ccc5ccccc5c4)cc3OC)c(S(C)(=O)=O)cc2c1. The van der Waals surface area contributed by atoms with E-state index in [1.807, 2.05) is 49.4 Å². The van der Waals surface area contributed by atoms with Gasteiger partial charge in [-0.05, 0) is 108 Å². The van der Waals surface area contributed by atoms with Crippen LogP contribution < -0.4 is 9.75 Å². The molecule has 0 radical (unpaired) electrons. The number of sulfone groups is 2. The summed E-state index contributed by atoms with van der Waals surface area (Å²) in [6.45, 7) is 7.39. The van der Waals surface area contributed by atoms with Crippen LogP contribution in [0.15, 0.2) is 161 Å².